The van der Waals surface area contributed by atoms with Gasteiger partial charge in [-0.1, -0.05) is 90.4 Å². The molecule has 0 spiro atoms. The standard InChI is InChI=1S/C23H45N2O.BrH/c1-4-5-6-7-8-9-10-11-12-13-14-15-16-17-20-26-23(2)21-25-19-18-24(3)22-25;/h18-19,22-23H,4-17,20-21H2,1-3H3;1H/q+1;/p-1. The largest absolute Gasteiger partial charge is 1.00 e. The Labute approximate surface area is 179 Å². The number of aromatic nitrogens is 2. The van der Waals surface area contributed by atoms with E-state index in [1.54, 1.807) is 0 Å². The zero-order valence-corrected chi connectivity index (χ0v) is 19.9. The van der Waals surface area contributed by atoms with Crippen LogP contribution in [0.15, 0.2) is 18.7 Å². The van der Waals surface area contributed by atoms with Gasteiger partial charge in [-0.25, -0.2) is 9.13 Å². The maximum atomic E-state index is 5.93. The minimum atomic E-state index is 0. The first kappa shape index (κ1) is 26.6. The maximum Gasteiger partial charge on any atom is 0.243 e. The number of halogens is 1. The fourth-order valence-electron chi connectivity index (χ4n) is 3.54. The number of aryl methyl sites for hydroxylation is 1. The minimum absolute atomic E-state index is 0. The van der Waals surface area contributed by atoms with Crippen molar-refractivity contribution in [3.05, 3.63) is 18.7 Å². The van der Waals surface area contributed by atoms with Gasteiger partial charge < -0.3 is 21.7 Å². The summed E-state index contributed by atoms with van der Waals surface area (Å²) >= 11 is 0. The molecule has 0 aliphatic heterocycles. The van der Waals surface area contributed by atoms with E-state index in [1.165, 1.54) is 89.9 Å². The van der Waals surface area contributed by atoms with Gasteiger partial charge in [0.1, 0.15) is 18.9 Å². The molecule has 0 aliphatic rings. The molecule has 0 aliphatic carbocycles. The van der Waals surface area contributed by atoms with E-state index in [2.05, 4.69) is 48.8 Å². The Balaban J connectivity index is 0.00000676. The van der Waals surface area contributed by atoms with Crippen LogP contribution in [0.1, 0.15) is 104 Å². The van der Waals surface area contributed by atoms with E-state index < -0.39 is 0 Å². The number of nitrogens with zero attached hydrogens (tertiary/aromatic N) is 2. The Morgan fingerprint density at radius 1 is 0.815 bits per heavy atom. The molecule has 0 N–H and O–H groups in total. The summed E-state index contributed by atoms with van der Waals surface area (Å²) in [5, 5.41) is 0. The average Bonchev–Trinajstić information content (AvgIpc) is 3.03. The molecule has 3 nitrogen and oxygen atoms in total. The third-order valence-electron chi connectivity index (χ3n) is 5.19. The molecular formula is C23H45BrN2O. The second-order valence-corrected chi connectivity index (χ2v) is 8.05. The van der Waals surface area contributed by atoms with E-state index in [-0.39, 0.29) is 17.0 Å². The fourth-order valence-corrected chi connectivity index (χ4v) is 3.54. The van der Waals surface area contributed by atoms with Crippen molar-refractivity contribution in [1.82, 2.24) is 4.57 Å². The SMILES string of the molecule is CCCCCCCCCCCCCCCCOC(C)Cn1cc[n+](C)c1.[Br-]. The molecule has 0 fully saturated rings. The molecule has 1 rings (SSSR count). The van der Waals surface area contributed by atoms with Crippen LogP contribution < -0.4 is 21.5 Å². The van der Waals surface area contributed by atoms with Gasteiger partial charge >= 0.3 is 0 Å². The molecule has 0 bridgehead atoms. The monoisotopic (exact) mass is 444 g/mol. The third-order valence-corrected chi connectivity index (χ3v) is 5.19. The Bertz CT molecular complexity index is 422. The first-order valence-corrected chi connectivity index (χ1v) is 11.3. The van der Waals surface area contributed by atoms with Crippen molar-refractivity contribution in [3.63, 3.8) is 0 Å². The number of ether oxygens (including phenoxy) is 1. The van der Waals surface area contributed by atoms with Gasteiger partial charge in [-0.2, -0.15) is 0 Å². The lowest BCUT2D eigenvalue weighted by Crippen LogP contribution is -3.00. The molecule has 0 radical (unpaired) electrons. The number of hydrogen-bond acceptors (Lipinski definition) is 1. The first-order valence-electron chi connectivity index (χ1n) is 11.3. The van der Waals surface area contributed by atoms with Gasteiger partial charge in [0.25, 0.3) is 0 Å². The summed E-state index contributed by atoms with van der Waals surface area (Å²) < 4.78 is 10.2. The average molecular weight is 446 g/mol. The van der Waals surface area contributed by atoms with Crippen LogP contribution in [0.2, 0.25) is 0 Å². The van der Waals surface area contributed by atoms with Crippen molar-refractivity contribution < 1.29 is 26.3 Å². The Morgan fingerprint density at radius 2 is 1.30 bits per heavy atom. The first-order chi connectivity index (χ1) is 12.7. The molecule has 27 heavy (non-hydrogen) atoms. The third kappa shape index (κ3) is 16.3. The fraction of sp³-hybridized carbons (Fsp3) is 0.870. The number of unbranched alkanes of at least 4 members (excludes halogenated alkanes) is 13. The van der Waals surface area contributed by atoms with Crippen LogP contribution in [0.25, 0.3) is 0 Å². The summed E-state index contributed by atoms with van der Waals surface area (Å²) in [5.74, 6) is 0. The molecule has 1 aromatic heterocycles. The number of imidazole rings is 1. The smallest absolute Gasteiger partial charge is 0.243 e. The Morgan fingerprint density at radius 3 is 1.74 bits per heavy atom. The summed E-state index contributed by atoms with van der Waals surface area (Å²) in [6.45, 7) is 6.31. The lowest BCUT2D eigenvalue weighted by Gasteiger charge is -2.10. The number of hydrogen-bond donors (Lipinski definition) is 0. The summed E-state index contributed by atoms with van der Waals surface area (Å²) in [7, 11) is 2.05. The van der Waals surface area contributed by atoms with Crippen LogP contribution in [0.5, 0.6) is 0 Å². The maximum absolute atomic E-state index is 5.93. The van der Waals surface area contributed by atoms with Crippen molar-refractivity contribution >= 4 is 0 Å². The van der Waals surface area contributed by atoms with Gasteiger partial charge in [0.15, 0.2) is 0 Å². The Kier molecular flexibility index (Phi) is 18.7. The molecule has 4 heteroatoms. The number of rotatable bonds is 18. The van der Waals surface area contributed by atoms with Crippen LogP contribution in [0.4, 0.5) is 0 Å². The molecule has 160 valence electrons. The van der Waals surface area contributed by atoms with Crippen LogP contribution in [-0.4, -0.2) is 17.3 Å². The van der Waals surface area contributed by atoms with Crippen molar-refractivity contribution in [2.45, 2.75) is 116 Å². The summed E-state index contributed by atoms with van der Waals surface area (Å²) in [5.41, 5.74) is 0. The highest BCUT2D eigenvalue weighted by molar-refractivity contribution is 4.67. The quantitative estimate of drug-likeness (QED) is 0.251. The van der Waals surface area contributed by atoms with Crippen molar-refractivity contribution in [1.29, 1.82) is 0 Å². The molecular weight excluding hydrogens is 400 g/mol. The molecule has 1 heterocycles. The normalized spacial score (nSPS) is 12.1. The molecule has 0 amide bonds. The van der Waals surface area contributed by atoms with E-state index in [1.807, 2.05) is 0 Å². The van der Waals surface area contributed by atoms with Crippen LogP contribution in [-0.2, 0) is 18.3 Å². The molecule has 0 aromatic carbocycles. The van der Waals surface area contributed by atoms with Crippen molar-refractivity contribution in [3.8, 4) is 0 Å². The summed E-state index contributed by atoms with van der Waals surface area (Å²) in [4.78, 5) is 0. The second-order valence-electron chi connectivity index (χ2n) is 8.05. The highest BCUT2D eigenvalue weighted by Crippen LogP contribution is 2.13. The van der Waals surface area contributed by atoms with Gasteiger partial charge in [0.2, 0.25) is 6.33 Å². The molecule has 0 saturated carbocycles. The lowest BCUT2D eigenvalue weighted by molar-refractivity contribution is -0.671. The van der Waals surface area contributed by atoms with Gasteiger partial charge in [0.05, 0.1) is 13.2 Å². The van der Waals surface area contributed by atoms with Gasteiger partial charge in [-0.05, 0) is 13.3 Å². The zero-order valence-electron chi connectivity index (χ0n) is 18.3. The highest BCUT2D eigenvalue weighted by Gasteiger charge is 2.07. The van der Waals surface area contributed by atoms with E-state index in [4.69, 9.17) is 4.74 Å². The lowest BCUT2D eigenvalue weighted by atomic mass is 10.0. The molecule has 1 aromatic rings. The van der Waals surface area contributed by atoms with E-state index in [0.717, 1.165) is 13.2 Å². The van der Waals surface area contributed by atoms with Crippen LogP contribution in [0, 0.1) is 0 Å². The van der Waals surface area contributed by atoms with Gasteiger partial charge in [0, 0.05) is 6.61 Å². The van der Waals surface area contributed by atoms with E-state index >= 15 is 0 Å². The molecule has 1 unspecified atom stereocenters. The highest BCUT2D eigenvalue weighted by atomic mass is 79.9. The predicted octanol–water partition coefficient (Wildman–Crippen LogP) is 3.20. The van der Waals surface area contributed by atoms with E-state index in [9.17, 15) is 0 Å². The van der Waals surface area contributed by atoms with Crippen LogP contribution in [0.3, 0.4) is 0 Å². The van der Waals surface area contributed by atoms with Crippen molar-refractivity contribution in [2.75, 3.05) is 6.61 Å². The second kappa shape index (κ2) is 19.0. The topological polar surface area (TPSA) is 18.0 Å². The van der Waals surface area contributed by atoms with Gasteiger partial charge in [-0.15, -0.1) is 0 Å². The van der Waals surface area contributed by atoms with Crippen molar-refractivity contribution in [2.24, 2.45) is 7.05 Å². The van der Waals surface area contributed by atoms with Gasteiger partial charge in [-0.3, -0.25) is 0 Å². The van der Waals surface area contributed by atoms with Crippen LogP contribution >= 0.6 is 0 Å². The Hall–Kier alpha value is -0.350. The molecule has 1 atom stereocenters. The predicted molar refractivity (Wildman–Crippen MR) is 111 cm³/mol. The minimum Gasteiger partial charge on any atom is -1.00 e. The summed E-state index contributed by atoms with van der Waals surface area (Å²) in [6, 6.07) is 0. The molecule has 0 saturated heterocycles. The van der Waals surface area contributed by atoms with E-state index in [0.29, 0.717) is 6.10 Å². The summed E-state index contributed by atoms with van der Waals surface area (Å²) in [6.07, 6.45) is 26.3. The zero-order chi connectivity index (χ0) is 18.9.